The average molecular weight is 379 g/mol. The van der Waals surface area contributed by atoms with E-state index in [4.69, 9.17) is 4.74 Å². The summed E-state index contributed by atoms with van der Waals surface area (Å²) >= 11 is 2.58. The van der Waals surface area contributed by atoms with Gasteiger partial charge in [0.2, 0.25) is 11.0 Å². The zero-order chi connectivity index (χ0) is 17.8. The van der Waals surface area contributed by atoms with Crippen molar-refractivity contribution in [1.82, 2.24) is 20.0 Å². The fraction of sp³-hybridized carbons (Fsp3) is 0.200. The third-order valence-corrected chi connectivity index (χ3v) is 5.19. The summed E-state index contributed by atoms with van der Waals surface area (Å²) in [6, 6.07) is 6.57. The molecular formula is C15H14FN5O2S2. The highest BCUT2D eigenvalue weighted by atomic mass is 32.2. The SMILES string of the molecule is COc1nn(C)cc1C(=O)Nc1nnc(SCc2ccccc2F)s1. The van der Waals surface area contributed by atoms with Crippen molar-refractivity contribution >= 4 is 34.1 Å². The monoisotopic (exact) mass is 379 g/mol. The molecule has 0 aliphatic rings. The van der Waals surface area contributed by atoms with Crippen LogP contribution in [0.2, 0.25) is 0 Å². The summed E-state index contributed by atoms with van der Waals surface area (Å²) in [5, 5.41) is 15.0. The van der Waals surface area contributed by atoms with E-state index >= 15 is 0 Å². The Morgan fingerprint density at radius 3 is 2.96 bits per heavy atom. The minimum absolute atomic E-state index is 0.235. The number of nitrogens with one attached hydrogen (secondary N) is 1. The van der Waals surface area contributed by atoms with E-state index in [1.54, 1.807) is 31.4 Å². The highest BCUT2D eigenvalue weighted by Gasteiger charge is 2.18. The van der Waals surface area contributed by atoms with Crippen LogP contribution in [0.4, 0.5) is 9.52 Å². The number of hydrogen-bond donors (Lipinski definition) is 1. The highest BCUT2D eigenvalue weighted by Crippen LogP contribution is 2.29. The van der Waals surface area contributed by atoms with Gasteiger partial charge in [0, 0.05) is 19.0 Å². The van der Waals surface area contributed by atoms with E-state index in [1.807, 2.05) is 0 Å². The van der Waals surface area contributed by atoms with Gasteiger partial charge in [0.15, 0.2) is 4.34 Å². The van der Waals surface area contributed by atoms with Crippen molar-refractivity contribution in [3.8, 4) is 5.88 Å². The van der Waals surface area contributed by atoms with Crippen molar-refractivity contribution in [2.75, 3.05) is 12.4 Å². The molecule has 0 bridgehead atoms. The van der Waals surface area contributed by atoms with Crippen molar-refractivity contribution in [3.63, 3.8) is 0 Å². The molecule has 3 aromatic rings. The number of anilines is 1. The van der Waals surface area contributed by atoms with Gasteiger partial charge in [-0.15, -0.1) is 15.3 Å². The van der Waals surface area contributed by atoms with E-state index < -0.39 is 0 Å². The molecule has 3 rings (SSSR count). The fourth-order valence-electron chi connectivity index (χ4n) is 2.01. The number of methoxy groups -OCH3 is 1. The number of aromatic nitrogens is 4. The van der Waals surface area contributed by atoms with E-state index in [0.717, 1.165) is 0 Å². The number of aryl methyl sites for hydroxylation is 1. The molecule has 7 nitrogen and oxygen atoms in total. The number of thioether (sulfide) groups is 1. The Kier molecular flexibility index (Phi) is 5.29. The van der Waals surface area contributed by atoms with Crippen LogP contribution in [-0.2, 0) is 12.8 Å². The van der Waals surface area contributed by atoms with Crippen molar-refractivity contribution in [3.05, 3.63) is 47.4 Å². The lowest BCUT2D eigenvalue weighted by molar-refractivity contribution is 0.102. The molecule has 1 aromatic carbocycles. The van der Waals surface area contributed by atoms with Gasteiger partial charge in [-0.05, 0) is 11.6 Å². The van der Waals surface area contributed by atoms with Crippen LogP contribution >= 0.6 is 23.1 Å². The summed E-state index contributed by atoms with van der Waals surface area (Å²) < 4.78 is 20.8. The molecular weight excluding hydrogens is 365 g/mol. The van der Waals surface area contributed by atoms with Gasteiger partial charge in [0.05, 0.1) is 7.11 Å². The Labute approximate surface area is 151 Å². The summed E-state index contributed by atoms with van der Waals surface area (Å²) in [6.45, 7) is 0. The molecule has 2 aromatic heterocycles. The molecule has 0 saturated heterocycles. The maximum absolute atomic E-state index is 13.6. The largest absolute Gasteiger partial charge is 0.479 e. The second-order valence-electron chi connectivity index (χ2n) is 4.93. The van der Waals surface area contributed by atoms with Crippen LogP contribution in [0, 0.1) is 5.82 Å². The van der Waals surface area contributed by atoms with Crippen LogP contribution in [0.15, 0.2) is 34.8 Å². The van der Waals surface area contributed by atoms with Crippen LogP contribution in [0.1, 0.15) is 15.9 Å². The van der Waals surface area contributed by atoms with Gasteiger partial charge in [0.25, 0.3) is 5.91 Å². The number of carbonyl (C=O) groups is 1. The van der Waals surface area contributed by atoms with Crippen LogP contribution < -0.4 is 10.1 Å². The van der Waals surface area contributed by atoms with Crippen molar-refractivity contribution < 1.29 is 13.9 Å². The van der Waals surface area contributed by atoms with E-state index in [0.29, 0.717) is 26.4 Å². The van der Waals surface area contributed by atoms with Gasteiger partial charge in [-0.2, -0.15) is 0 Å². The van der Waals surface area contributed by atoms with Gasteiger partial charge in [-0.3, -0.25) is 14.8 Å². The first-order chi connectivity index (χ1) is 12.1. The van der Waals surface area contributed by atoms with Gasteiger partial charge >= 0.3 is 0 Å². The van der Waals surface area contributed by atoms with Gasteiger partial charge in [0.1, 0.15) is 11.4 Å². The van der Waals surface area contributed by atoms with Gasteiger partial charge in [-0.25, -0.2) is 4.39 Å². The predicted molar refractivity (Wildman–Crippen MR) is 93.6 cm³/mol. The highest BCUT2D eigenvalue weighted by molar-refractivity contribution is 8.00. The number of nitrogens with zero attached hydrogens (tertiary/aromatic N) is 4. The van der Waals surface area contributed by atoms with E-state index in [2.05, 4.69) is 20.6 Å². The molecule has 0 spiro atoms. The minimum Gasteiger partial charge on any atom is -0.479 e. The summed E-state index contributed by atoms with van der Waals surface area (Å²) in [5.41, 5.74) is 0.897. The standard InChI is InChI=1S/C15H14FN5O2S2/c1-21-7-10(13(20-21)23-2)12(22)17-14-18-19-15(25-14)24-8-9-5-3-4-6-11(9)16/h3-7H,8H2,1-2H3,(H,17,18,22). The molecule has 1 amide bonds. The quantitative estimate of drug-likeness (QED) is 0.524. The smallest absolute Gasteiger partial charge is 0.264 e. The van der Waals surface area contributed by atoms with E-state index in [-0.39, 0.29) is 17.6 Å². The maximum Gasteiger partial charge on any atom is 0.264 e. The molecule has 25 heavy (non-hydrogen) atoms. The molecule has 10 heteroatoms. The Hall–Kier alpha value is -2.46. The summed E-state index contributed by atoms with van der Waals surface area (Å²) in [4.78, 5) is 12.3. The lowest BCUT2D eigenvalue weighted by atomic mass is 10.2. The summed E-state index contributed by atoms with van der Waals surface area (Å²) in [6.07, 6.45) is 1.56. The Morgan fingerprint density at radius 1 is 1.40 bits per heavy atom. The molecule has 1 N–H and O–H groups in total. The number of amides is 1. The fourth-order valence-corrected chi connectivity index (χ4v) is 3.75. The number of halogens is 1. The van der Waals surface area contributed by atoms with Crippen LogP contribution in [0.5, 0.6) is 5.88 Å². The topological polar surface area (TPSA) is 81.9 Å². The average Bonchev–Trinajstić information content (AvgIpc) is 3.20. The normalized spacial score (nSPS) is 10.7. The second kappa shape index (κ2) is 7.62. The molecule has 130 valence electrons. The number of ether oxygens (including phenoxy) is 1. The van der Waals surface area contributed by atoms with Crippen molar-refractivity contribution in [1.29, 1.82) is 0 Å². The molecule has 0 aliphatic carbocycles. The first kappa shape index (κ1) is 17.4. The zero-order valence-electron chi connectivity index (χ0n) is 13.4. The van der Waals surface area contributed by atoms with Crippen LogP contribution in [-0.4, -0.2) is 33.0 Å². The number of hydrogen-bond acceptors (Lipinski definition) is 7. The Morgan fingerprint density at radius 2 is 2.20 bits per heavy atom. The number of rotatable bonds is 6. The Balaban J connectivity index is 1.63. The molecule has 0 radical (unpaired) electrons. The molecule has 0 saturated carbocycles. The van der Waals surface area contributed by atoms with Crippen LogP contribution in [0.3, 0.4) is 0 Å². The third kappa shape index (κ3) is 4.15. The molecule has 0 aliphatic heterocycles. The number of benzene rings is 1. The van der Waals surface area contributed by atoms with E-state index in [1.165, 1.54) is 41.0 Å². The molecule has 0 atom stereocenters. The predicted octanol–water partition coefficient (Wildman–Crippen LogP) is 2.96. The van der Waals surface area contributed by atoms with Crippen molar-refractivity contribution in [2.45, 2.75) is 10.1 Å². The third-order valence-electron chi connectivity index (χ3n) is 3.17. The summed E-state index contributed by atoms with van der Waals surface area (Å²) in [5.74, 6) is 0.0354. The van der Waals surface area contributed by atoms with E-state index in [9.17, 15) is 9.18 Å². The molecule has 0 unspecified atom stereocenters. The van der Waals surface area contributed by atoms with Crippen LogP contribution in [0.25, 0.3) is 0 Å². The first-order valence-corrected chi connectivity index (χ1v) is 8.95. The minimum atomic E-state index is -0.383. The van der Waals surface area contributed by atoms with Gasteiger partial charge in [-0.1, -0.05) is 41.3 Å². The lowest BCUT2D eigenvalue weighted by Crippen LogP contribution is -2.12. The Bertz CT molecular complexity index is 896. The maximum atomic E-state index is 13.6. The molecule has 0 fully saturated rings. The second-order valence-corrected chi connectivity index (χ2v) is 7.13. The number of carbonyl (C=O) groups excluding carboxylic acids is 1. The lowest BCUT2D eigenvalue weighted by Gasteiger charge is -2.00. The van der Waals surface area contributed by atoms with Gasteiger partial charge < -0.3 is 4.74 Å². The summed E-state index contributed by atoms with van der Waals surface area (Å²) in [7, 11) is 3.14. The molecule has 2 heterocycles. The zero-order valence-corrected chi connectivity index (χ0v) is 15.0. The first-order valence-electron chi connectivity index (χ1n) is 7.15. The van der Waals surface area contributed by atoms with Crippen molar-refractivity contribution in [2.24, 2.45) is 7.05 Å².